The molecule has 0 saturated heterocycles. The quantitative estimate of drug-likeness (QED) is 0.658. The summed E-state index contributed by atoms with van der Waals surface area (Å²) in [6, 6.07) is 0. The first kappa shape index (κ1) is 15.2. The van der Waals surface area contributed by atoms with E-state index in [-0.39, 0.29) is 12.5 Å². The molecule has 3 heteroatoms. The van der Waals surface area contributed by atoms with Gasteiger partial charge >= 0.3 is 0 Å². The normalized spacial score (nSPS) is 31.2. The number of hydrogen-bond donors (Lipinski definition) is 3. The van der Waals surface area contributed by atoms with Crippen LogP contribution < -0.4 is 0 Å². The van der Waals surface area contributed by atoms with Crippen LogP contribution in [-0.4, -0.2) is 34.1 Å². The van der Waals surface area contributed by atoms with Crippen molar-refractivity contribution in [3.05, 3.63) is 36.5 Å². The minimum Gasteiger partial charge on any atom is -0.392 e. The van der Waals surface area contributed by atoms with Crippen molar-refractivity contribution in [2.45, 2.75) is 44.3 Å². The molecule has 0 spiro atoms. The average Bonchev–Trinajstić information content (AvgIpc) is 2.37. The molecule has 1 aliphatic carbocycles. The van der Waals surface area contributed by atoms with E-state index in [1.807, 2.05) is 0 Å². The molecule has 3 N–H and O–H groups in total. The van der Waals surface area contributed by atoms with Gasteiger partial charge in [0.15, 0.2) is 0 Å². The van der Waals surface area contributed by atoms with Gasteiger partial charge in [-0.3, -0.25) is 0 Å². The lowest BCUT2D eigenvalue weighted by Gasteiger charge is -2.26. The molecular weight excluding hydrogens is 228 g/mol. The Hall–Kier alpha value is -0.900. The molecule has 102 valence electrons. The zero-order valence-electron chi connectivity index (χ0n) is 10.9. The molecule has 3 atom stereocenters. The maximum Gasteiger partial charge on any atom is 0.0753 e. The summed E-state index contributed by atoms with van der Waals surface area (Å²) >= 11 is 0. The van der Waals surface area contributed by atoms with Gasteiger partial charge in [-0.15, -0.1) is 0 Å². The molecule has 0 aliphatic heterocycles. The molecule has 1 fully saturated rings. The fraction of sp³-hybridized carbons (Fsp3) is 0.600. The van der Waals surface area contributed by atoms with Gasteiger partial charge in [0.2, 0.25) is 0 Å². The lowest BCUT2D eigenvalue weighted by Crippen LogP contribution is -2.22. The molecule has 18 heavy (non-hydrogen) atoms. The SMILES string of the molecule is C=C1CC[C@@H](C(=C)CO)C[C@@H](O)C(=C)CCC1O. The van der Waals surface area contributed by atoms with E-state index in [9.17, 15) is 10.2 Å². The lowest BCUT2D eigenvalue weighted by molar-refractivity contribution is 0.154. The second-order valence-electron chi connectivity index (χ2n) is 5.17. The predicted octanol–water partition coefficient (Wildman–Crippen LogP) is 1.95. The van der Waals surface area contributed by atoms with E-state index < -0.39 is 12.2 Å². The number of rotatable bonds is 2. The molecule has 1 rings (SSSR count). The van der Waals surface area contributed by atoms with Crippen molar-refractivity contribution in [3.63, 3.8) is 0 Å². The van der Waals surface area contributed by atoms with Gasteiger partial charge in [0, 0.05) is 0 Å². The van der Waals surface area contributed by atoms with E-state index in [1.165, 1.54) is 0 Å². The van der Waals surface area contributed by atoms with Crippen LogP contribution in [-0.2, 0) is 0 Å². The molecule has 0 aromatic carbocycles. The third kappa shape index (κ3) is 4.09. The van der Waals surface area contributed by atoms with Crippen LogP contribution in [0.1, 0.15) is 32.1 Å². The third-order valence-corrected chi connectivity index (χ3v) is 3.78. The summed E-state index contributed by atoms with van der Waals surface area (Å²) in [6.45, 7) is 11.5. The third-order valence-electron chi connectivity index (χ3n) is 3.78. The zero-order valence-corrected chi connectivity index (χ0v) is 10.9. The number of aliphatic hydroxyl groups is 3. The van der Waals surface area contributed by atoms with Gasteiger partial charge in [0.05, 0.1) is 18.8 Å². The molecule has 0 amide bonds. The van der Waals surface area contributed by atoms with E-state index >= 15 is 0 Å². The van der Waals surface area contributed by atoms with Crippen molar-refractivity contribution in [2.75, 3.05) is 6.61 Å². The van der Waals surface area contributed by atoms with Crippen molar-refractivity contribution < 1.29 is 15.3 Å². The highest BCUT2D eigenvalue weighted by Gasteiger charge is 2.22. The molecule has 3 nitrogen and oxygen atoms in total. The van der Waals surface area contributed by atoms with Crippen LogP contribution >= 0.6 is 0 Å². The Balaban J connectivity index is 2.78. The second-order valence-corrected chi connectivity index (χ2v) is 5.17. The van der Waals surface area contributed by atoms with Crippen molar-refractivity contribution in [3.8, 4) is 0 Å². The Bertz CT molecular complexity index is 331. The molecular formula is C15H24O3. The Morgan fingerprint density at radius 3 is 2.22 bits per heavy atom. The van der Waals surface area contributed by atoms with Crippen LogP contribution in [0.5, 0.6) is 0 Å². The summed E-state index contributed by atoms with van der Waals surface area (Å²) in [5.74, 6) is 0.0452. The van der Waals surface area contributed by atoms with Crippen molar-refractivity contribution in [2.24, 2.45) is 5.92 Å². The Kier molecular flexibility index (Phi) is 5.79. The van der Waals surface area contributed by atoms with Crippen LogP contribution in [0.15, 0.2) is 36.5 Å². The summed E-state index contributed by atoms with van der Waals surface area (Å²) in [4.78, 5) is 0. The van der Waals surface area contributed by atoms with Gasteiger partial charge < -0.3 is 15.3 Å². The van der Waals surface area contributed by atoms with E-state index in [0.717, 1.165) is 23.1 Å². The van der Waals surface area contributed by atoms with Crippen LogP contribution in [0, 0.1) is 5.92 Å². The van der Waals surface area contributed by atoms with Gasteiger partial charge in [0.1, 0.15) is 0 Å². The summed E-state index contributed by atoms with van der Waals surface area (Å²) in [7, 11) is 0. The fourth-order valence-electron chi connectivity index (χ4n) is 2.27. The van der Waals surface area contributed by atoms with Gasteiger partial charge in [-0.05, 0) is 54.7 Å². The minimum absolute atomic E-state index is 0.0452. The van der Waals surface area contributed by atoms with Crippen molar-refractivity contribution >= 4 is 0 Å². The lowest BCUT2D eigenvalue weighted by atomic mass is 9.83. The van der Waals surface area contributed by atoms with E-state index in [1.54, 1.807) is 0 Å². The van der Waals surface area contributed by atoms with Gasteiger partial charge in [0.25, 0.3) is 0 Å². The first-order valence-electron chi connectivity index (χ1n) is 6.45. The van der Waals surface area contributed by atoms with Crippen LogP contribution in [0.2, 0.25) is 0 Å². The van der Waals surface area contributed by atoms with Gasteiger partial charge in [-0.25, -0.2) is 0 Å². The summed E-state index contributed by atoms with van der Waals surface area (Å²) in [5.41, 5.74) is 2.28. The highest BCUT2D eigenvalue weighted by Crippen LogP contribution is 2.29. The largest absolute Gasteiger partial charge is 0.392 e. The predicted molar refractivity (Wildman–Crippen MR) is 73.1 cm³/mol. The molecule has 0 heterocycles. The average molecular weight is 252 g/mol. The molecule has 1 aliphatic rings. The standard InChI is InChI=1S/C15H24O3/c1-10-4-6-13(12(3)9-16)8-15(18)11(2)5-7-14(10)17/h13-18H,1-9H2/t13-,14?,15-/m1/s1. The first-order chi connectivity index (χ1) is 8.45. The summed E-state index contributed by atoms with van der Waals surface area (Å²) < 4.78 is 0. The van der Waals surface area contributed by atoms with Crippen LogP contribution in [0.4, 0.5) is 0 Å². The molecule has 0 aromatic heterocycles. The molecule has 0 aromatic rings. The van der Waals surface area contributed by atoms with Gasteiger partial charge in [-0.1, -0.05) is 19.7 Å². The Morgan fingerprint density at radius 1 is 1.06 bits per heavy atom. The number of hydrogen-bond acceptors (Lipinski definition) is 3. The minimum atomic E-state index is -0.586. The van der Waals surface area contributed by atoms with Gasteiger partial charge in [-0.2, -0.15) is 0 Å². The molecule has 1 saturated carbocycles. The smallest absolute Gasteiger partial charge is 0.0753 e. The topological polar surface area (TPSA) is 60.7 Å². The maximum absolute atomic E-state index is 10.0. The Morgan fingerprint density at radius 2 is 1.61 bits per heavy atom. The highest BCUT2D eigenvalue weighted by molar-refractivity contribution is 5.12. The summed E-state index contributed by atoms with van der Waals surface area (Å²) in [5, 5.41) is 29.1. The Labute approximate surface area is 109 Å². The summed E-state index contributed by atoms with van der Waals surface area (Å²) in [6.07, 6.45) is 2.04. The molecule has 0 bridgehead atoms. The zero-order chi connectivity index (χ0) is 13.7. The maximum atomic E-state index is 10.0. The van der Waals surface area contributed by atoms with Crippen molar-refractivity contribution in [1.29, 1.82) is 0 Å². The van der Waals surface area contributed by atoms with Crippen LogP contribution in [0.25, 0.3) is 0 Å². The molecule has 1 unspecified atom stereocenters. The number of aliphatic hydroxyl groups excluding tert-OH is 3. The highest BCUT2D eigenvalue weighted by atomic mass is 16.3. The second kappa shape index (κ2) is 6.88. The first-order valence-corrected chi connectivity index (χ1v) is 6.45. The van der Waals surface area contributed by atoms with E-state index in [4.69, 9.17) is 5.11 Å². The van der Waals surface area contributed by atoms with E-state index in [0.29, 0.717) is 25.7 Å². The van der Waals surface area contributed by atoms with E-state index in [2.05, 4.69) is 19.7 Å². The van der Waals surface area contributed by atoms with Crippen molar-refractivity contribution in [1.82, 2.24) is 0 Å². The fourth-order valence-corrected chi connectivity index (χ4v) is 2.27. The molecule has 0 radical (unpaired) electrons. The monoisotopic (exact) mass is 252 g/mol. The van der Waals surface area contributed by atoms with Crippen LogP contribution in [0.3, 0.4) is 0 Å².